The zero-order chi connectivity index (χ0) is 16.1. The summed E-state index contributed by atoms with van der Waals surface area (Å²) >= 11 is 0. The average molecular weight is 326 g/mol. The molecule has 0 bridgehead atoms. The third-order valence-electron chi connectivity index (χ3n) is 5.63. The van der Waals surface area contributed by atoms with Crippen molar-refractivity contribution in [1.82, 2.24) is 29.9 Å². The molecular formula is C17H22N6O. The molecule has 24 heavy (non-hydrogen) atoms. The Morgan fingerprint density at radius 2 is 2.21 bits per heavy atom. The molecule has 2 fully saturated rings. The number of nitrogens with zero attached hydrogens (tertiary/aromatic N) is 4. The summed E-state index contributed by atoms with van der Waals surface area (Å²) in [6.45, 7) is 3.98. The van der Waals surface area contributed by atoms with Crippen LogP contribution in [0.2, 0.25) is 0 Å². The lowest BCUT2D eigenvalue weighted by Gasteiger charge is -2.30. The van der Waals surface area contributed by atoms with Gasteiger partial charge in [0, 0.05) is 18.2 Å². The van der Waals surface area contributed by atoms with Crippen molar-refractivity contribution in [2.24, 2.45) is 5.92 Å². The summed E-state index contributed by atoms with van der Waals surface area (Å²) < 4.78 is 7.48. The van der Waals surface area contributed by atoms with Crippen LogP contribution in [-0.4, -0.2) is 49.9 Å². The Bertz CT molecular complexity index is 866. The largest absolute Gasteiger partial charge is 0.378 e. The van der Waals surface area contributed by atoms with Crippen molar-refractivity contribution < 1.29 is 4.74 Å². The summed E-state index contributed by atoms with van der Waals surface area (Å²) in [7, 11) is 0. The second-order valence-electron chi connectivity index (χ2n) is 7.07. The number of H-pyrrole nitrogens is 1. The fourth-order valence-electron chi connectivity index (χ4n) is 4.33. The molecule has 3 aromatic rings. The van der Waals surface area contributed by atoms with Gasteiger partial charge in [0.1, 0.15) is 5.82 Å². The molecule has 1 saturated heterocycles. The van der Waals surface area contributed by atoms with Gasteiger partial charge in [0.2, 0.25) is 0 Å². The van der Waals surface area contributed by atoms with Crippen molar-refractivity contribution in [3.8, 4) is 0 Å². The van der Waals surface area contributed by atoms with E-state index in [2.05, 4.69) is 42.9 Å². The van der Waals surface area contributed by atoms with Crippen molar-refractivity contribution in [3.63, 3.8) is 0 Å². The second kappa shape index (κ2) is 5.53. The molecule has 2 N–H and O–H groups in total. The lowest BCUT2D eigenvalue weighted by atomic mass is 9.93. The number of rotatable bonds is 4. The van der Waals surface area contributed by atoms with E-state index in [1.807, 2.05) is 6.20 Å². The number of aromatic amines is 1. The molecule has 4 heterocycles. The molecule has 0 aromatic carbocycles. The number of fused-ring (bicyclic) bond motifs is 3. The van der Waals surface area contributed by atoms with Crippen LogP contribution >= 0.6 is 0 Å². The van der Waals surface area contributed by atoms with Crippen LogP contribution < -0.4 is 5.32 Å². The standard InChI is InChI=1S/C17H22N6O/c1-2-10-5-11(20-12-8-24-9-12)6-13(10)17-22-21-15-7-19-16-14(23(15)17)3-4-18-16/h3-4,7,10-13,18,20H,2,5-6,8-9H2,1H3/t10-,11+,13+/m1/s1. The maximum Gasteiger partial charge on any atom is 0.179 e. The maximum atomic E-state index is 5.30. The third-order valence-corrected chi connectivity index (χ3v) is 5.63. The van der Waals surface area contributed by atoms with Crippen LogP contribution in [0.25, 0.3) is 16.8 Å². The molecule has 0 unspecified atom stereocenters. The predicted octanol–water partition coefficient (Wildman–Crippen LogP) is 1.87. The van der Waals surface area contributed by atoms with Crippen LogP contribution in [0.5, 0.6) is 0 Å². The number of aromatic nitrogens is 5. The zero-order valence-corrected chi connectivity index (χ0v) is 13.8. The fraction of sp³-hybridized carbons (Fsp3) is 0.588. The average Bonchev–Trinajstić information content (AvgIpc) is 3.26. The summed E-state index contributed by atoms with van der Waals surface area (Å²) in [5, 5.41) is 12.7. The summed E-state index contributed by atoms with van der Waals surface area (Å²) in [4.78, 5) is 7.60. The Kier molecular flexibility index (Phi) is 3.31. The van der Waals surface area contributed by atoms with E-state index in [9.17, 15) is 0 Å². The van der Waals surface area contributed by atoms with E-state index in [0.717, 1.165) is 42.3 Å². The van der Waals surface area contributed by atoms with Gasteiger partial charge in [0.05, 0.1) is 31.0 Å². The molecule has 2 aliphatic rings. The van der Waals surface area contributed by atoms with Crippen molar-refractivity contribution in [2.45, 2.75) is 44.2 Å². The first-order chi connectivity index (χ1) is 11.8. The fourth-order valence-corrected chi connectivity index (χ4v) is 4.33. The highest BCUT2D eigenvalue weighted by Gasteiger charge is 2.38. The Hall–Kier alpha value is -1.99. The molecule has 0 radical (unpaired) electrons. The Balaban J connectivity index is 1.52. The normalized spacial score (nSPS) is 28.0. The van der Waals surface area contributed by atoms with Crippen LogP contribution in [0.1, 0.15) is 37.9 Å². The highest BCUT2D eigenvalue weighted by Crippen LogP contribution is 2.41. The van der Waals surface area contributed by atoms with Crippen LogP contribution in [0.15, 0.2) is 18.5 Å². The van der Waals surface area contributed by atoms with E-state index in [0.29, 0.717) is 23.9 Å². The van der Waals surface area contributed by atoms with E-state index >= 15 is 0 Å². The lowest BCUT2D eigenvalue weighted by Crippen LogP contribution is -2.49. The maximum absolute atomic E-state index is 5.30. The van der Waals surface area contributed by atoms with E-state index < -0.39 is 0 Å². The molecule has 7 nitrogen and oxygen atoms in total. The van der Waals surface area contributed by atoms with E-state index in [4.69, 9.17) is 4.74 Å². The molecule has 1 aliphatic carbocycles. The monoisotopic (exact) mass is 326 g/mol. The van der Waals surface area contributed by atoms with Crippen molar-refractivity contribution >= 4 is 16.8 Å². The number of nitrogens with one attached hydrogen (secondary N) is 2. The predicted molar refractivity (Wildman–Crippen MR) is 89.9 cm³/mol. The zero-order valence-electron chi connectivity index (χ0n) is 13.8. The van der Waals surface area contributed by atoms with Crippen LogP contribution in [-0.2, 0) is 4.74 Å². The van der Waals surface area contributed by atoms with Gasteiger partial charge in [-0.25, -0.2) is 4.98 Å². The topological polar surface area (TPSA) is 80.1 Å². The minimum atomic E-state index is 0.434. The van der Waals surface area contributed by atoms with Crippen molar-refractivity contribution in [1.29, 1.82) is 0 Å². The first-order valence-corrected chi connectivity index (χ1v) is 8.84. The Morgan fingerprint density at radius 3 is 3.00 bits per heavy atom. The molecule has 1 aliphatic heterocycles. The van der Waals surface area contributed by atoms with Gasteiger partial charge in [0.15, 0.2) is 11.3 Å². The SMILES string of the molecule is CC[C@@H]1C[C@H](NC2COC2)C[C@@H]1c1nnc2cnc3[nH]ccc3n12. The van der Waals surface area contributed by atoms with Gasteiger partial charge in [0.25, 0.3) is 0 Å². The summed E-state index contributed by atoms with van der Waals surface area (Å²) in [6, 6.07) is 3.13. The molecule has 5 rings (SSSR count). The minimum absolute atomic E-state index is 0.434. The third kappa shape index (κ3) is 2.15. The molecule has 7 heteroatoms. The summed E-state index contributed by atoms with van der Waals surface area (Å²) in [5.74, 6) is 2.15. The van der Waals surface area contributed by atoms with E-state index in [-0.39, 0.29) is 0 Å². The first kappa shape index (κ1) is 14.4. The highest BCUT2D eigenvalue weighted by atomic mass is 16.5. The van der Waals surface area contributed by atoms with E-state index in [1.54, 1.807) is 6.20 Å². The van der Waals surface area contributed by atoms with Crippen LogP contribution in [0.4, 0.5) is 0 Å². The van der Waals surface area contributed by atoms with Gasteiger partial charge in [-0.3, -0.25) is 4.40 Å². The minimum Gasteiger partial charge on any atom is -0.378 e. The number of hydrogen-bond acceptors (Lipinski definition) is 5. The Labute approximate surface area is 139 Å². The van der Waals surface area contributed by atoms with Gasteiger partial charge < -0.3 is 15.0 Å². The first-order valence-electron chi connectivity index (χ1n) is 8.84. The van der Waals surface area contributed by atoms with Gasteiger partial charge in [-0.1, -0.05) is 13.3 Å². The van der Waals surface area contributed by atoms with Gasteiger partial charge in [-0.2, -0.15) is 0 Å². The lowest BCUT2D eigenvalue weighted by molar-refractivity contribution is -0.00987. The highest BCUT2D eigenvalue weighted by molar-refractivity contribution is 5.74. The van der Waals surface area contributed by atoms with Gasteiger partial charge >= 0.3 is 0 Å². The van der Waals surface area contributed by atoms with Crippen LogP contribution in [0, 0.1) is 5.92 Å². The van der Waals surface area contributed by atoms with Crippen molar-refractivity contribution in [2.75, 3.05) is 13.2 Å². The smallest absolute Gasteiger partial charge is 0.179 e. The molecule has 3 atom stereocenters. The Morgan fingerprint density at radius 1 is 1.29 bits per heavy atom. The quantitative estimate of drug-likeness (QED) is 0.765. The summed E-state index contributed by atoms with van der Waals surface area (Å²) in [6.07, 6.45) is 7.21. The van der Waals surface area contributed by atoms with Gasteiger partial charge in [-0.15, -0.1) is 10.2 Å². The van der Waals surface area contributed by atoms with Crippen molar-refractivity contribution in [3.05, 3.63) is 24.3 Å². The number of hydrogen-bond donors (Lipinski definition) is 2. The second-order valence-corrected chi connectivity index (χ2v) is 7.07. The molecule has 3 aromatic heterocycles. The molecule has 0 spiro atoms. The van der Waals surface area contributed by atoms with E-state index in [1.165, 1.54) is 12.8 Å². The molecule has 0 amide bonds. The molecular weight excluding hydrogens is 304 g/mol. The number of ether oxygens (including phenoxy) is 1. The molecule has 1 saturated carbocycles. The summed E-state index contributed by atoms with van der Waals surface area (Å²) in [5.41, 5.74) is 2.78. The van der Waals surface area contributed by atoms with Crippen LogP contribution in [0.3, 0.4) is 0 Å². The molecule has 126 valence electrons. The van der Waals surface area contributed by atoms with Gasteiger partial charge in [-0.05, 0) is 24.8 Å².